The molecule has 0 aliphatic carbocycles. The van der Waals surface area contributed by atoms with E-state index in [9.17, 15) is 4.79 Å². The molecular weight excluding hydrogens is 322 g/mol. The zero-order valence-electron chi connectivity index (χ0n) is 15.4. The van der Waals surface area contributed by atoms with Gasteiger partial charge in [0.2, 0.25) is 5.91 Å². The van der Waals surface area contributed by atoms with E-state index in [0.29, 0.717) is 5.71 Å². The van der Waals surface area contributed by atoms with Gasteiger partial charge in [-0.1, -0.05) is 37.6 Å². The maximum atomic E-state index is 11.3. The van der Waals surface area contributed by atoms with Crippen LogP contribution in [-0.4, -0.2) is 16.6 Å². The molecule has 3 rings (SSSR count). The highest BCUT2D eigenvalue weighted by Gasteiger charge is 2.10. The van der Waals surface area contributed by atoms with Crippen molar-refractivity contribution in [1.29, 1.82) is 5.41 Å². The van der Waals surface area contributed by atoms with Crippen LogP contribution in [0.3, 0.4) is 0 Å². The second-order valence-electron chi connectivity index (χ2n) is 6.53. The van der Waals surface area contributed by atoms with Gasteiger partial charge in [-0.3, -0.25) is 9.78 Å². The van der Waals surface area contributed by atoms with E-state index in [1.54, 1.807) is 0 Å². The fourth-order valence-electron chi connectivity index (χ4n) is 3.15. The molecule has 0 atom stereocenters. The number of hydrogen-bond donors (Lipinski definition) is 2. The van der Waals surface area contributed by atoms with Crippen LogP contribution in [0.25, 0.3) is 22.0 Å². The molecule has 3 aromatic rings. The van der Waals surface area contributed by atoms with Crippen molar-refractivity contribution >= 4 is 28.2 Å². The van der Waals surface area contributed by atoms with Crippen LogP contribution < -0.4 is 5.32 Å². The van der Waals surface area contributed by atoms with E-state index < -0.39 is 0 Å². The Balaban J connectivity index is 2.07. The molecule has 1 amide bonds. The van der Waals surface area contributed by atoms with Gasteiger partial charge < -0.3 is 10.7 Å². The van der Waals surface area contributed by atoms with E-state index >= 15 is 0 Å². The number of nitrogens with zero attached hydrogens (tertiary/aromatic N) is 1. The molecule has 0 fully saturated rings. The predicted molar refractivity (Wildman–Crippen MR) is 108 cm³/mol. The van der Waals surface area contributed by atoms with Gasteiger partial charge in [0.1, 0.15) is 0 Å². The van der Waals surface area contributed by atoms with Gasteiger partial charge in [-0.25, -0.2) is 0 Å². The topological polar surface area (TPSA) is 65.8 Å². The number of amides is 1. The first kappa shape index (κ1) is 17.8. The van der Waals surface area contributed by atoms with E-state index in [0.717, 1.165) is 51.8 Å². The summed E-state index contributed by atoms with van der Waals surface area (Å²) in [6.07, 6.45) is 1.72. The lowest BCUT2D eigenvalue weighted by atomic mass is 9.97. The smallest absolute Gasteiger partial charge is 0.221 e. The summed E-state index contributed by atoms with van der Waals surface area (Å²) in [5.41, 5.74) is 6.26. The lowest BCUT2D eigenvalue weighted by Crippen LogP contribution is -2.05. The third-order valence-corrected chi connectivity index (χ3v) is 4.28. The van der Waals surface area contributed by atoms with Crippen LogP contribution in [-0.2, 0) is 4.79 Å². The molecule has 2 N–H and O–H groups in total. The summed E-state index contributed by atoms with van der Waals surface area (Å²) in [6, 6.07) is 15.9. The van der Waals surface area contributed by atoms with E-state index in [1.807, 2.05) is 43.3 Å². The SMILES string of the molecule is CCCC(=N)c1cc(C)nc2cc(-c3cccc(NC(C)=O)c3)ccc12. The molecule has 0 saturated carbocycles. The van der Waals surface area contributed by atoms with Crippen molar-refractivity contribution in [1.82, 2.24) is 4.98 Å². The molecule has 0 spiro atoms. The minimum absolute atomic E-state index is 0.0861. The van der Waals surface area contributed by atoms with Gasteiger partial charge in [0.25, 0.3) is 0 Å². The maximum absolute atomic E-state index is 11.3. The zero-order valence-corrected chi connectivity index (χ0v) is 15.4. The number of anilines is 1. The van der Waals surface area contributed by atoms with Crippen LogP contribution in [0, 0.1) is 12.3 Å². The van der Waals surface area contributed by atoms with Crippen LogP contribution in [0.5, 0.6) is 0 Å². The van der Waals surface area contributed by atoms with Crippen LogP contribution in [0.15, 0.2) is 48.5 Å². The third-order valence-electron chi connectivity index (χ3n) is 4.28. The number of nitrogens with one attached hydrogen (secondary N) is 2. The average molecular weight is 345 g/mol. The monoisotopic (exact) mass is 345 g/mol. The van der Waals surface area contributed by atoms with Gasteiger partial charge in [0.05, 0.1) is 5.52 Å². The minimum Gasteiger partial charge on any atom is -0.326 e. The van der Waals surface area contributed by atoms with Crippen LogP contribution in [0.2, 0.25) is 0 Å². The van der Waals surface area contributed by atoms with Crippen LogP contribution in [0.1, 0.15) is 37.9 Å². The average Bonchev–Trinajstić information content (AvgIpc) is 2.60. The molecule has 0 saturated heterocycles. The summed E-state index contributed by atoms with van der Waals surface area (Å²) in [5, 5.41) is 12.2. The Kier molecular flexibility index (Phi) is 5.12. The quantitative estimate of drug-likeness (QED) is 0.613. The number of benzene rings is 2. The Hall–Kier alpha value is -3.01. The van der Waals surface area contributed by atoms with Gasteiger partial charge >= 0.3 is 0 Å². The fourth-order valence-corrected chi connectivity index (χ4v) is 3.15. The minimum atomic E-state index is -0.0861. The second-order valence-corrected chi connectivity index (χ2v) is 6.53. The number of hydrogen-bond acceptors (Lipinski definition) is 3. The van der Waals surface area contributed by atoms with Crippen molar-refractivity contribution in [2.45, 2.75) is 33.6 Å². The van der Waals surface area contributed by atoms with E-state index in [4.69, 9.17) is 5.41 Å². The fraction of sp³-hybridized carbons (Fsp3) is 0.227. The van der Waals surface area contributed by atoms with Gasteiger partial charge in [0.15, 0.2) is 0 Å². The molecule has 132 valence electrons. The van der Waals surface area contributed by atoms with Gasteiger partial charge in [-0.05, 0) is 48.7 Å². The largest absolute Gasteiger partial charge is 0.326 e. The van der Waals surface area contributed by atoms with Crippen LogP contribution >= 0.6 is 0 Å². The Labute approximate surface area is 153 Å². The molecule has 1 aromatic heterocycles. The summed E-state index contributed by atoms with van der Waals surface area (Å²) in [5.74, 6) is -0.0861. The molecule has 26 heavy (non-hydrogen) atoms. The highest BCUT2D eigenvalue weighted by atomic mass is 16.1. The van der Waals surface area contributed by atoms with Gasteiger partial charge in [-0.2, -0.15) is 0 Å². The summed E-state index contributed by atoms with van der Waals surface area (Å²) >= 11 is 0. The van der Waals surface area contributed by atoms with Crippen molar-refractivity contribution in [3.8, 4) is 11.1 Å². The second kappa shape index (κ2) is 7.48. The van der Waals surface area contributed by atoms with Crippen molar-refractivity contribution in [2.75, 3.05) is 5.32 Å². The first-order valence-electron chi connectivity index (χ1n) is 8.85. The first-order chi connectivity index (χ1) is 12.5. The lowest BCUT2D eigenvalue weighted by Gasteiger charge is -2.11. The summed E-state index contributed by atoms with van der Waals surface area (Å²) in [4.78, 5) is 16.0. The van der Waals surface area contributed by atoms with E-state index in [1.165, 1.54) is 6.92 Å². The molecule has 2 aromatic carbocycles. The normalized spacial score (nSPS) is 10.7. The maximum Gasteiger partial charge on any atom is 0.221 e. The Bertz CT molecular complexity index is 992. The first-order valence-corrected chi connectivity index (χ1v) is 8.85. The molecule has 0 unspecified atom stereocenters. The predicted octanol–water partition coefficient (Wildman–Crippen LogP) is 5.34. The number of pyridine rings is 1. The molecular formula is C22H23N3O. The number of aromatic nitrogens is 1. The Morgan fingerprint density at radius 1 is 1.12 bits per heavy atom. The standard InChI is InChI=1S/C22H23N3O/c1-4-6-21(23)20-11-14(2)24-22-13-17(9-10-19(20)22)16-7-5-8-18(12-16)25-15(3)26/h5,7-13,23H,4,6H2,1-3H3,(H,25,26). The highest BCUT2D eigenvalue weighted by Crippen LogP contribution is 2.28. The number of fused-ring (bicyclic) bond motifs is 1. The van der Waals surface area contributed by atoms with Gasteiger partial charge in [-0.15, -0.1) is 0 Å². The summed E-state index contributed by atoms with van der Waals surface area (Å²) < 4.78 is 0. The Morgan fingerprint density at radius 2 is 1.88 bits per heavy atom. The Morgan fingerprint density at radius 3 is 2.62 bits per heavy atom. The van der Waals surface area contributed by atoms with Crippen molar-refractivity contribution in [2.24, 2.45) is 0 Å². The molecule has 0 bridgehead atoms. The summed E-state index contributed by atoms with van der Waals surface area (Å²) in [7, 11) is 0. The molecule has 0 aliphatic rings. The molecule has 4 heteroatoms. The number of aryl methyl sites for hydroxylation is 1. The van der Waals surface area contributed by atoms with E-state index in [2.05, 4.69) is 29.4 Å². The van der Waals surface area contributed by atoms with Crippen molar-refractivity contribution in [3.05, 3.63) is 59.8 Å². The molecule has 0 radical (unpaired) electrons. The summed E-state index contributed by atoms with van der Waals surface area (Å²) in [6.45, 7) is 5.55. The van der Waals surface area contributed by atoms with Crippen molar-refractivity contribution in [3.63, 3.8) is 0 Å². The van der Waals surface area contributed by atoms with Gasteiger partial charge in [0, 0.05) is 35.0 Å². The molecule has 0 aliphatic heterocycles. The zero-order chi connectivity index (χ0) is 18.7. The van der Waals surface area contributed by atoms with Crippen molar-refractivity contribution < 1.29 is 4.79 Å². The van der Waals surface area contributed by atoms with Crippen LogP contribution in [0.4, 0.5) is 5.69 Å². The number of rotatable bonds is 5. The highest BCUT2D eigenvalue weighted by molar-refractivity contribution is 6.09. The molecule has 4 nitrogen and oxygen atoms in total. The third kappa shape index (κ3) is 3.80. The molecule has 1 heterocycles. The lowest BCUT2D eigenvalue weighted by molar-refractivity contribution is -0.114. The van der Waals surface area contributed by atoms with E-state index in [-0.39, 0.29) is 5.91 Å². The number of carbonyl (C=O) groups excluding carboxylic acids is 1. The number of carbonyl (C=O) groups is 1.